The predicted molar refractivity (Wildman–Crippen MR) is 189 cm³/mol. The van der Waals surface area contributed by atoms with Crippen molar-refractivity contribution in [2.75, 3.05) is 0 Å². The van der Waals surface area contributed by atoms with Gasteiger partial charge in [-0.05, 0) is 60.7 Å². The van der Waals surface area contributed by atoms with Crippen LogP contribution >= 0.6 is 16.4 Å². The molecule has 7 rings (SSSR count). The van der Waals surface area contributed by atoms with Gasteiger partial charge < -0.3 is 0 Å². The van der Waals surface area contributed by atoms with Gasteiger partial charge in [-0.3, -0.25) is 9.97 Å². The topological polar surface area (TPSA) is 25.8 Å². The van der Waals surface area contributed by atoms with E-state index in [1.165, 1.54) is 10.6 Å². The van der Waals surface area contributed by atoms with Gasteiger partial charge in [-0.25, -0.2) is 0 Å². The van der Waals surface area contributed by atoms with E-state index >= 15 is 0 Å². The number of rotatable bonds is 4. The fourth-order valence-electron chi connectivity index (χ4n) is 4.18. The van der Waals surface area contributed by atoms with E-state index in [4.69, 9.17) is 0 Å². The monoisotopic (exact) mass is 630 g/mol. The summed E-state index contributed by atoms with van der Waals surface area (Å²) in [5.74, 6) is 0. The second-order valence-corrected chi connectivity index (χ2v) is 12.1. The molecule has 2 aromatic heterocycles. The quantitative estimate of drug-likeness (QED) is 0.136. The number of pyridine rings is 2. The van der Waals surface area contributed by atoms with Gasteiger partial charge in [0.05, 0.1) is 40.8 Å². The Morgan fingerprint density at radius 1 is 0.429 bits per heavy atom. The van der Waals surface area contributed by atoms with Crippen LogP contribution in [0, 0.1) is 0 Å². The molecule has 6 heteroatoms. The summed E-state index contributed by atoms with van der Waals surface area (Å²) < 4.78 is 0. The second kappa shape index (κ2) is 16.7. The molecule has 0 unspecified atom stereocenters. The van der Waals surface area contributed by atoms with E-state index in [0.717, 1.165) is 21.8 Å². The molecule has 0 N–H and O–H groups in total. The molecule has 0 amide bonds. The van der Waals surface area contributed by atoms with Crippen LogP contribution in [0.4, 0.5) is 0 Å². The fraction of sp³-hybridized carbons (Fsp3) is 0. The van der Waals surface area contributed by atoms with Gasteiger partial charge in [-0.1, -0.05) is 97.1 Å². The van der Waals surface area contributed by atoms with Crippen LogP contribution in [0.3, 0.4) is 0 Å². The van der Waals surface area contributed by atoms with Crippen molar-refractivity contribution in [3.05, 3.63) is 170 Å². The van der Waals surface area contributed by atoms with E-state index in [0.29, 0.717) is 7.57 Å². The largest absolute Gasteiger partial charge is 1.00 e. The minimum atomic E-state index is -0.295. The molecule has 210 valence electrons. The van der Waals surface area contributed by atoms with Crippen LogP contribution in [0.2, 0.25) is 0 Å². The Labute approximate surface area is 263 Å². The molecule has 0 atom stereocenters. The molecular formula is C36H34BCuN2P2+2. The third kappa shape index (κ3) is 8.93. The zero-order valence-electron chi connectivity index (χ0n) is 22.4. The number of benzene rings is 5. The average molecular weight is 631 g/mol. The van der Waals surface area contributed by atoms with Gasteiger partial charge in [0.15, 0.2) is 0 Å². The van der Waals surface area contributed by atoms with Crippen molar-refractivity contribution in [3.8, 4) is 0 Å². The van der Waals surface area contributed by atoms with Gasteiger partial charge >= 0.3 is 17.1 Å². The van der Waals surface area contributed by atoms with Crippen LogP contribution in [0.1, 0.15) is 0 Å². The van der Waals surface area contributed by atoms with Crippen LogP contribution in [0.5, 0.6) is 0 Å². The van der Waals surface area contributed by atoms with Crippen molar-refractivity contribution in [2.45, 2.75) is 0 Å². The van der Waals surface area contributed by atoms with Crippen molar-refractivity contribution in [1.29, 1.82) is 0 Å². The first-order valence-corrected chi connectivity index (χ1v) is 15.4. The van der Waals surface area contributed by atoms with Gasteiger partial charge in [0, 0.05) is 23.2 Å². The van der Waals surface area contributed by atoms with Crippen LogP contribution in [0.15, 0.2) is 170 Å². The van der Waals surface area contributed by atoms with Crippen LogP contribution in [-0.2, 0) is 17.1 Å². The van der Waals surface area contributed by atoms with Gasteiger partial charge in [0.2, 0.25) is 0 Å². The van der Waals surface area contributed by atoms with Crippen LogP contribution in [0.25, 0.3) is 21.8 Å². The van der Waals surface area contributed by atoms with Gasteiger partial charge in [0.25, 0.3) is 0 Å². The summed E-state index contributed by atoms with van der Waals surface area (Å²) in [4.78, 5) is 8.69. The third-order valence-corrected chi connectivity index (χ3v) is 8.79. The minimum absolute atomic E-state index is 0. The van der Waals surface area contributed by atoms with E-state index in [-0.39, 0.29) is 33.4 Å². The normalized spacial score (nSPS) is 10.1. The SMILES string of the molecule is [BH3-][PH+](c1ccccc1)c1ccccc1.[Cu+].c1ccc([PH2+]c2ccccc2)cc1.c1cnc2c(c1)ccc1cccnc12. The standard InChI is InChI=1S/C12H14BP.C12H8N2.C12H11P.Cu/c13-14(11-7-3-1-4-8-11)12-9-5-2-6-10-12;1-3-9-5-6-10-4-2-8-14-12(10)11(9)13-7-1;1-3-7-11(8-4-1)13-12-9-5-2-6-10-12;/h1-10,14H,13H3;1-8H;1-10,13H;/q;;;+1/p+1. The van der Waals surface area contributed by atoms with Gasteiger partial charge in [-0.15, -0.1) is 7.80 Å². The molecule has 0 fully saturated rings. The number of nitrogens with zero attached hydrogens (tertiary/aromatic N) is 2. The van der Waals surface area contributed by atoms with Crippen molar-refractivity contribution in [2.24, 2.45) is 0 Å². The molecule has 42 heavy (non-hydrogen) atoms. The molecule has 0 aliphatic carbocycles. The van der Waals surface area contributed by atoms with Crippen molar-refractivity contribution in [1.82, 2.24) is 9.97 Å². The Morgan fingerprint density at radius 3 is 1.17 bits per heavy atom. The zero-order chi connectivity index (χ0) is 28.1. The summed E-state index contributed by atoms with van der Waals surface area (Å²) in [6.07, 6.45) is 3.60. The summed E-state index contributed by atoms with van der Waals surface area (Å²) in [5, 5.41) is 8.35. The van der Waals surface area contributed by atoms with Crippen molar-refractivity contribution >= 4 is 67.0 Å². The summed E-state index contributed by atoms with van der Waals surface area (Å²) in [6.45, 7) is 0. The molecule has 0 aliphatic heterocycles. The number of hydrogen-bond donors (Lipinski definition) is 0. The van der Waals surface area contributed by atoms with E-state index in [1.54, 1.807) is 23.0 Å². The van der Waals surface area contributed by atoms with Gasteiger partial charge in [0.1, 0.15) is 7.57 Å². The molecule has 0 bridgehead atoms. The molecule has 5 aromatic carbocycles. The predicted octanol–water partition coefficient (Wildman–Crippen LogP) is 5.96. The number of aromatic nitrogens is 2. The smallest absolute Gasteiger partial charge is 0.254 e. The maximum atomic E-state index is 4.35. The molecule has 0 saturated heterocycles. The van der Waals surface area contributed by atoms with E-state index in [2.05, 4.69) is 156 Å². The Bertz CT molecular complexity index is 1640. The molecule has 7 aromatic rings. The molecule has 0 aliphatic rings. The first-order valence-electron chi connectivity index (χ1n) is 13.3. The fourth-order valence-corrected chi connectivity index (χ4v) is 6.45. The number of hydrogen-bond acceptors (Lipinski definition) is 2. The maximum Gasteiger partial charge on any atom is 1.00 e. The van der Waals surface area contributed by atoms with Crippen LogP contribution < -0.4 is 21.2 Å². The summed E-state index contributed by atoms with van der Waals surface area (Å²) in [7, 11) is 0.381. The van der Waals surface area contributed by atoms with Gasteiger partial charge in [-0.2, -0.15) is 0 Å². The summed E-state index contributed by atoms with van der Waals surface area (Å²) >= 11 is 0. The van der Waals surface area contributed by atoms with E-state index < -0.39 is 0 Å². The first-order chi connectivity index (χ1) is 20.3. The summed E-state index contributed by atoms with van der Waals surface area (Å²) in [6, 6.07) is 55.4. The number of fused-ring (bicyclic) bond motifs is 3. The average Bonchev–Trinajstić information content (AvgIpc) is 3.07. The molecule has 0 saturated carbocycles. The van der Waals surface area contributed by atoms with Crippen LogP contribution in [-0.4, -0.2) is 17.5 Å². The molecule has 0 radical (unpaired) electrons. The molecule has 0 spiro atoms. The molecular weight excluding hydrogens is 597 g/mol. The second-order valence-electron chi connectivity index (χ2n) is 9.04. The Kier molecular flexibility index (Phi) is 12.5. The minimum Gasteiger partial charge on any atom is -0.254 e. The molecule has 2 heterocycles. The first kappa shape index (κ1) is 31.3. The third-order valence-electron chi connectivity index (χ3n) is 6.11. The van der Waals surface area contributed by atoms with E-state index in [9.17, 15) is 0 Å². The Hall–Kier alpha value is -3.64. The van der Waals surface area contributed by atoms with Crippen molar-refractivity contribution in [3.63, 3.8) is 0 Å². The Balaban J connectivity index is 0.000000143. The van der Waals surface area contributed by atoms with Crippen molar-refractivity contribution < 1.29 is 17.1 Å². The maximum absolute atomic E-state index is 4.35. The van der Waals surface area contributed by atoms with E-state index in [1.807, 2.05) is 12.1 Å². The zero-order valence-corrected chi connectivity index (χ0v) is 25.5. The summed E-state index contributed by atoms with van der Waals surface area (Å²) in [5.41, 5.74) is 1.95. The Morgan fingerprint density at radius 2 is 0.786 bits per heavy atom. The molecule has 2 nitrogen and oxygen atoms in total.